The highest BCUT2D eigenvalue weighted by Gasteiger charge is 2.02. The van der Waals surface area contributed by atoms with Gasteiger partial charge in [0.25, 0.3) is 0 Å². The van der Waals surface area contributed by atoms with Crippen LogP contribution in [0, 0.1) is 0 Å². The van der Waals surface area contributed by atoms with Crippen molar-refractivity contribution in [3.8, 4) is 5.75 Å². The Morgan fingerprint density at radius 2 is 1.93 bits per heavy atom. The van der Waals surface area contributed by atoms with E-state index in [0.29, 0.717) is 17.9 Å². The van der Waals surface area contributed by atoms with Crippen LogP contribution in [-0.2, 0) is 11.4 Å². The molecule has 0 radical (unpaired) electrons. The molecular formula is C24H18N2O4. The van der Waals surface area contributed by atoms with Gasteiger partial charge in [0.15, 0.2) is 0 Å². The smallest absolute Gasteiger partial charge is 0.336 e. The Labute approximate surface area is 172 Å². The summed E-state index contributed by atoms with van der Waals surface area (Å²) in [5.74, 6) is 0.479. The zero-order chi connectivity index (χ0) is 20.8. The van der Waals surface area contributed by atoms with Gasteiger partial charge in [0.2, 0.25) is 5.91 Å². The van der Waals surface area contributed by atoms with Crippen LogP contribution >= 0.6 is 0 Å². The second kappa shape index (κ2) is 8.87. The van der Waals surface area contributed by atoms with Gasteiger partial charge in [-0.2, -0.15) is 0 Å². The van der Waals surface area contributed by atoms with E-state index in [1.807, 2.05) is 36.4 Å². The SMILES string of the molecule is O=C(C=Cc1ccc(OCc2cccnc2)cc1)Nc1ccc2oc(=O)ccc2c1. The molecule has 2 heterocycles. The Morgan fingerprint density at radius 1 is 1.07 bits per heavy atom. The molecule has 0 aliphatic rings. The Hall–Kier alpha value is -4.19. The average Bonchev–Trinajstić information content (AvgIpc) is 2.78. The molecule has 0 aliphatic carbocycles. The minimum Gasteiger partial charge on any atom is -0.489 e. The van der Waals surface area contributed by atoms with Gasteiger partial charge in [-0.3, -0.25) is 9.78 Å². The average molecular weight is 398 g/mol. The Morgan fingerprint density at radius 3 is 2.73 bits per heavy atom. The van der Waals surface area contributed by atoms with E-state index in [1.54, 1.807) is 42.7 Å². The molecule has 0 bridgehead atoms. The molecule has 4 rings (SSSR count). The first kappa shape index (κ1) is 19.1. The molecule has 0 unspecified atom stereocenters. The summed E-state index contributed by atoms with van der Waals surface area (Å²) in [5, 5.41) is 3.53. The Bertz CT molecular complexity index is 1250. The number of amides is 1. The number of nitrogens with one attached hydrogen (secondary N) is 1. The number of hydrogen-bond donors (Lipinski definition) is 1. The summed E-state index contributed by atoms with van der Waals surface area (Å²) in [5.41, 5.74) is 2.55. The highest BCUT2D eigenvalue weighted by Crippen LogP contribution is 2.18. The van der Waals surface area contributed by atoms with Crippen molar-refractivity contribution < 1.29 is 13.9 Å². The number of aromatic nitrogens is 1. The first-order valence-corrected chi connectivity index (χ1v) is 9.30. The van der Waals surface area contributed by atoms with Crippen molar-refractivity contribution in [2.24, 2.45) is 0 Å². The van der Waals surface area contributed by atoms with Crippen LogP contribution in [0.1, 0.15) is 11.1 Å². The Kier molecular flexibility index (Phi) is 5.66. The minimum absolute atomic E-state index is 0.261. The monoisotopic (exact) mass is 398 g/mol. The van der Waals surface area contributed by atoms with Gasteiger partial charge in [0.05, 0.1) is 0 Å². The molecule has 6 nitrogen and oxygen atoms in total. The van der Waals surface area contributed by atoms with Gasteiger partial charge in [-0.1, -0.05) is 18.2 Å². The fourth-order valence-electron chi connectivity index (χ4n) is 2.83. The summed E-state index contributed by atoms with van der Waals surface area (Å²) in [4.78, 5) is 27.5. The van der Waals surface area contributed by atoms with Crippen molar-refractivity contribution in [3.63, 3.8) is 0 Å². The molecule has 148 valence electrons. The standard InChI is InChI=1S/C24H18N2O4/c27-23(26-20-7-10-22-19(14-20)6-12-24(28)30-22)11-5-17-3-8-21(9-4-17)29-16-18-2-1-13-25-15-18/h1-15H,16H2,(H,26,27). The lowest BCUT2D eigenvalue weighted by atomic mass is 10.2. The van der Waals surface area contributed by atoms with Crippen molar-refractivity contribution in [3.05, 3.63) is 107 Å². The van der Waals surface area contributed by atoms with Crippen LogP contribution in [0.4, 0.5) is 5.69 Å². The largest absolute Gasteiger partial charge is 0.489 e. The fraction of sp³-hybridized carbons (Fsp3) is 0.0417. The van der Waals surface area contributed by atoms with E-state index < -0.39 is 5.63 Å². The number of carbonyl (C=O) groups is 1. The number of benzene rings is 2. The zero-order valence-corrected chi connectivity index (χ0v) is 15.9. The van der Waals surface area contributed by atoms with E-state index in [4.69, 9.17) is 9.15 Å². The number of pyridine rings is 1. The van der Waals surface area contributed by atoms with E-state index in [0.717, 1.165) is 22.3 Å². The number of carbonyl (C=O) groups excluding carboxylic acids is 1. The lowest BCUT2D eigenvalue weighted by Gasteiger charge is -2.06. The lowest BCUT2D eigenvalue weighted by Crippen LogP contribution is -2.07. The van der Waals surface area contributed by atoms with Crippen molar-refractivity contribution in [2.75, 3.05) is 5.32 Å². The molecule has 30 heavy (non-hydrogen) atoms. The first-order chi connectivity index (χ1) is 14.7. The van der Waals surface area contributed by atoms with Gasteiger partial charge in [0, 0.05) is 41.2 Å². The normalized spacial score (nSPS) is 10.9. The molecule has 2 aromatic heterocycles. The molecule has 2 aromatic carbocycles. The van der Waals surface area contributed by atoms with E-state index in [1.165, 1.54) is 12.1 Å². The summed E-state index contributed by atoms with van der Waals surface area (Å²) in [6, 6.07) is 19.4. The molecule has 1 amide bonds. The summed E-state index contributed by atoms with van der Waals surface area (Å²) in [7, 11) is 0. The molecule has 0 aliphatic heterocycles. The van der Waals surface area contributed by atoms with Gasteiger partial charge in [-0.05, 0) is 54.1 Å². The molecule has 0 saturated carbocycles. The maximum atomic E-state index is 12.2. The van der Waals surface area contributed by atoms with Crippen LogP contribution in [-0.4, -0.2) is 10.9 Å². The van der Waals surface area contributed by atoms with E-state index in [-0.39, 0.29) is 5.91 Å². The quantitative estimate of drug-likeness (QED) is 0.384. The molecular weight excluding hydrogens is 380 g/mol. The second-order valence-corrected chi connectivity index (χ2v) is 6.55. The van der Waals surface area contributed by atoms with Gasteiger partial charge in [0.1, 0.15) is 17.9 Å². The summed E-state index contributed by atoms with van der Waals surface area (Å²) in [6.45, 7) is 0.445. The number of hydrogen-bond acceptors (Lipinski definition) is 5. The Balaban J connectivity index is 1.34. The highest BCUT2D eigenvalue weighted by atomic mass is 16.5. The molecule has 0 atom stereocenters. The van der Waals surface area contributed by atoms with Gasteiger partial charge < -0.3 is 14.5 Å². The number of anilines is 1. The highest BCUT2D eigenvalue weighted by molar-refractivity contribution is 6.02. The second-order valence-electron chi connectivity index (χ2n) is 6.55. The van der Waals surface area contributed by atoms with Crippen molar-refractivity contribution >= 4 is 28.6 Å². The van der Waals surface area contributed by atoms with Crippen LogP contribution < -0.4 is 15.7 Å². The van der Waals surface area contributed by atoms with Gasteiger partial charge in [-0.25, -0.2) is 4.79 Å². The van der Waals surface area contributed by atoms with Crippen molar-refractivity contribution in [1.29, 1.82) is 0 Å². The van der Waals surface area contributed by atoms with Crippen LogP contribution in [0.15, 0.2) is 94.4 Å². The molecule has 4 aromatic rings. The number of ether oxygens (including phenoxy) is 1. The summed E-state index contributed by atoms with van der Waals surface area (Å²) < 4.78 is 10.8. The predicted molar refractivity (Wildman–Crippen MR) is 115 cm³/mol. The molecule has 0 saturated heterocycles. The molecule has 0 spiro atoms. The minimum atomic E-state index is -0.407. The van der Waals surface area contributed by atoms with Crippen LogP contribution in [0.2, 0.25) is 0 Å². The summed E-state index contributed by atoms with van der Waals surface area (Å²) in [6.07, 6.45) is 6.67. The van der Waals surface area contributed by atoms with Crippen molar-refractivity contribution in [1.82, 2.24) is 4.98 Å². The number of fused-ring (bicyclic) bond motifs is 1. The van der Waals surface area contributed by atoms with Gasteiger partial charge >= 0.3 is 5.63 Å². The van der Waals surface area contributed by atoms with E-state index in [2.05, 4.69) is 10.3 Å². The third kappa shape index (κ3) is 4.99. The van der Waals surface area contributed by atoms with E-state index >= 15 is 0 Å². The predicted octanol–water partition coefficient (Wildman–Crippen LogP) is 4.42. The molecule has 1 N–H and O–H groups in total. The fourth-order valence-corrected chi connectivity index (χ4v) is 2.83. The van der Waals surface area contributed by atoms with E-state index in [9.17, 15) is 9.59 Å². The first-order valence-electron chi connectivity index (χ1n) is 9.30. The van der Waals surface area contributed by atoms with Crippen LogP contribution in [0.3, 0.4) is 0 Å². The topological polar surface area (TPSA) is 81.4 Å². The third-order valence-electron chi connectivity index (χ3n) is 4.32. The zero-order valence-electron chi connectivity index (χ0n) is 15.9. The molecule has 6 heteroatoms. The summed E-state index contributed by atoms with van der Waals surface area (Å²) >= 11 is 0. The number of rotatable bonds is 6. The maximum Gasteiger partial charge on any atom is 0.336 e. The van der Waals surface area contributed by atoms with Gasteiger partial charge in [-0.15, -0.1) is 0 Å². The van der Waals surface area contributed by atoms with Crippen molar-refractivity contribution in [2.45, 2.75) is 6.61 Å². The third-order valence-corrected chi connectivity index (χ3v) is 4.32. The molecule has 0 fully saturated rings. The maximum absolute atomic E-state index is 12.2. The van der Waals surface area contributed by atoms with Crippen LogP contribution in [0.25, 0.3) is 17.0 Å². The number of nitrogens with zero attached hydrogens (tertiary/aromatic N) is 1. The van der Waals surface area contributed by atoms with Crippen LogP contribution in [0.5, 0.6) is 5.75 Å². The lowest BCUT2D eigenvalue weighted by molar-refractivity contribution is -0.111.